The molecule has 0 aliphatic heterocycles. The van der Waals surface area contributed by atoms with Crippen LogP contribution >= 0.6 is 0 Å². The molecule has 5 nitrogen and oxygen atoms in total. The van der Waals surface area contributed by atoms with E-state index >= 15 is 0 Å². The summed E-state index contributed by atoms with van der Waals surface area (Å²) in [6.07, 6.45) is 4.58. The predicted molar refractivity (Wildman–Crippen MR) is 82.3 cm³/mol. The summed E-state index contributed by atoms with van der Waals surface area (Å²) in [6, 6.07) is 10.0. The zero-order valence-electron chi connectivity index (χ0n) is 12.3. The van der Waals surface area contributed by atoms with Gasteiger partial charge < -0.3 is 14.6 Å². The molecule has 0 bridgehead atoms. The van der Waals surface area contributed by atoms with Gasteiger partial charge in [-0.05, 0) is 25.5 Å². The van der Waals surface area contributed by atoms with Gasteiger partial charge >= 0.3 is 5.97 Å². The van der Waals surface area contributed by atoms with Crippen LogP contribution in [0.25, 0.3) is 0 Å². The quantitative estimate of drug-likeness (QED) is 0.811. The van der Waals surface area contributed by atoms with Crippen LogP contribution in [-0.2, 0) is 17.9 Å². The lowest BCUT2D eigenvalue weighted by Gasteiger charge is -2.24. The van der Waals surface area contributed by atoms with E-state index in [1.807, 2.05) is 36.5 Å². The van der Waals surface area contributed by atoms with Crippen LogP contribution < -0.4 is 4.90 Å². The summed E-state index contributed by atoms with van der Waals surface area (Å²) >= 11 is 0. The first-order valence-electron chi connectivity index (χ1n) is 7.22. The molecule has 5 heteroatoms. The van der Waals surface area contributed by atoms with E-state index < -0.39 is 5.97 Å². The van der Waals surface area contributed by atoms with E-state index in [4.69, 9.17) is 5.11 Å². The molecule has 0 spiro atoms. The van der Waals surface area contributed by atoms with Gasteiger partial charge in [0.25, 0.3) is 0 Å². The molecule has 0 aliphatic rings. The zero-order chi connectivity index (χ0) is 15.1. The second-order valence-electron chi connectivity index (χ2n) is 4.88. The number of rotatable bonds is 8. The smallest absolute Gasteiger partial charge is 0.303 e. The number of aliphatic carboxylic acids is 1. The Morgan fingerprint density at radius 2 is 2.10 bits per heavy atom. The van der Waals surface area contributed by atoms with E-state index in [1.54, 1.807) is 6.20 Å². The standard InChI is InChI=1S/C16H21N3O2/c1-2-18-12-10-17-15(18)13-19(11-6-9-16(20)21)14-7-4-3-5-8-14/h3-5,7-8,10,12H,2,6,9,11,13H2,1H3,(H,20,21). The maximum absolute atomic E-state index is 10.7. The zero-order valence-corrected chi connectivity index (χ0v) is 12.3. The molecule has 2 aromatic rings. The Morgan fingerprint density at radius 3 is 2.76 bits per heavy atom. The number of carboxylic acid groups (broad SMARTS) is 1. The first-order valence-corrected chi connectivity index (χ1v) is 7.22. The number of aryl methyl sites for hydroxylation is 1. The normalized spacial score (nSPS) is 10.5. The van der Waals surface area contributed by atoms with Gasteiger partial charge in [0.05, 0.1) is 6.54 Å². The number of anilines is 1. The number of aromatic nitrogens is 2. The van der Waals surface area contributed by atoms with E-state index in [2.05, 4.69) is 21.4 Å². The van der Waals surface area contributed by atoms with Crippen molar-refractivity contribution in [2.75, 3.05) is 11.4 Å². The van der Waals surface area contributed by atoms with Gasteiger partial charge in [-0.3, -0.25) is 4.79 Å². The van der Waals surface area contributed by atoms with Crippen LogP contribution in [0.15, 0.2) is 42.7 Å². The van der Waals surface area contributed by atoms with Crippen molar-refractivity contribution in [1.82, 2.24) is 9.55 Å². The van der Waals surface area contributed by atoms with Crippen molar-refractivity contribution in [3.05, 3.63) is 48.5 Å². The molecule has 1 aromatic carbocycles. The highest BCUT2D eigenvalue weighted by Crippen LogP contribution is 2.17. The van der Waals surface area contributed by atoms with Crippen molar-refractivity contribution in [3.63, 3.8) is 0 Å². The first kappa shape index (κ1) is 15.1. The Hall–Kier alpha value is -2.30. The second-order valence-corrected chi connectivity index (χ2v) is 4.88. The summed E-state index contributed by atoms with van der Waals surface area (Å²) in [5, 5.41) is 8.80. The molecule has 0 unspecified atom stereocenters. The third-order valence-electron chi connectivity index (χ3n) is 3.41. The van der Waals surface area contributed by atoms with Crippen molar-refractivity contribution < 1.29 is 9.90 Å². The summed E-state index contributed by atoms with van der Waals surface area (Å²) in [6.45, 7) is 4.35. The molecule has 2 rings (SSSR count). The lowest BCUT2D eigenvalue weighted by Crippen LogP contribution is -2.26. The van der Waals surface area contributed by atoms with Crippen LogP contribution in [0.2, 0.25) is 0 Å². The van der Waals surface area contributed by atoms with Crippen LogP contribution in [0.3, 0.4) is 0 Å². The number of imidazole rings is 1. The van der Waals surface area contributed by atoms with Crippen molar-refractivity contribution in [3.8, 4) is 0 Å². The van der Waals surface area contributed by atoms with Crippen LogP contribution in [0.1, 0.15) is 25.6 Å². The van der Waals surface area contributed by atoms with Gasteiger partial charge in [-0.15, -0.1) is 0 Å². The number of nitrogens with zero attached hydrogens (tertiary/aromatic N) is 3. The number of benzene rings is 1. The Labute approximate surface area is 124 Å². The van der Waals surface area contributed by atoms with Gasteiger partial charge in [0.1, 0.15) is 5.82 Å². The van der Waals surface area contributed by atoms with Crippen LogP contribution in [-0.4, -0.2) is 27.2 Å². The van der Waals surface area contributed by atoms with Crippen LogP contribution in [0.4, 0.5) is 5.69 Å². The molecule has 0 aliphatic carbocycles. The highest BCUT2D eigenvalue weighted by atomic mass is 16.4. The van der Waals surface area contributed by atoms with Gasteiger partial charge in [-0.25, -0.2) is 4.98 Å². The van der Waals surface area contributed by atoms with Crippen molar-refractivity contribution in [2.24, 2.45) is 0 Å². The molecule has 0 atom stereocenters. The summed E-state index contributed by atoms with van der Waals surface area (Å²) in [7, 11) is 0. The van der Waals surface area contributed by atoms with Crippen LogP contribution in [0, 0.1) is 0 Å². The average molecular weight is 287 g/mol. The van der Waals surface area contributed by atoms with E-state index in [0.29, 0.717) is 19.5 Å². The molecule has 0 saturated carbocycles. The minimum absolute atomic E-state index is 0.186. The topological polar surface area (TPSA) is 58.4 Å². The average Bonchev–Trinajstić information content (AvgIpc) is 2.94. The molecule has 21 heavy (non-hydrogen) atoms. The number of carbonyl (C=O) groups is 1. The van der Waals surface area contributed by atoms with Gasteiger partial charge in [0.15, 0.2) is 0 Å². The predicted octanol–water partition coefficient (Wildman–Crippen LogP) is 2.77. The fourth-order valence-electron chi connectivity index (χ4n) is 2.31. The largest absolute Gasteiger partial charge is 0.481 e. The molecule has 1 aromatic heterocycles. The molecule has 0 saturated heterocycles. The van der Waals surface area contributed by atoms with Crippen LogP contribution in [0.5, 0.6) is 0 Å². The minimum atomic E-state index is -0.752. The molecule has 1 heterocycles. The highest BCUT2D eigenvalue weighted by Gasteiger charge is 2.11. The van der Waals surface area contributed by atoms with Gasteiger partial charge in [0, 0.05) is 37.6 Å². The summed E-state index contributed by atoms with van der Waals surface area (Å²) in [5.74, 6) is 0.245. The first-order chi connectivity index (χ1) is 10.2. The summed E-state index contributed by atoms with van der Waals surface area (Å²) < 4.78 is 2.10. The Morgan fingerprint density at radius 1 is 1.33 bits per heavy atom. The van der Waals surface area contributed by atoms with E-state index in [1.165, 1.54) is 0 Å². The lowest BCUT2D eigenvalue weighted by atomic mass is 10.2. The minimum Gasteiger partial charge on any atom is -0.481 e. The highest BCUT2D eigenvalue weighted by molar-refractivity contribution is 5.66. The number of hydrogen-bond donors (Lipinski definition) is 1. The molecular formula is C16H21N3O2. The van der Waals surface area contributed by atoms with E-state index in [9.17, 15) is 4.79 Å². The third kappa shape index (κ3) is 4.34. The molecule has 0 fully saturated rings. The number of carboxylic acids is 1. The second kappa shape index (κ2) is 7.47. The van der Waals surface area contributed by atoms with E-state index in [0.717, 1.165) is 18.1 Å². The maximum atomic E-state index is 10.7. The van der Waals surface area contributed by atoms with Crippen molar-refractivity contribution >= 4 is 11.7 Å². The number of hydrogen-bond acceptors (Lipinski definition) is 3. The molecule has 0 radical (unpaired) electrons. The SMILES string of the molecule is CCn1ccnc1CN(CCCC(=O)O)c1ccccc1. The Bertz CT molecular complexity index is 566. The van der Waals surface area contributed by atoms with Gasteiger partial charge in [-0.2, -0.15) is 0 Å². The van der Waals surface area contributed by atoms with Crippen molar-refractivity contribution in [1.29, 1.82) is 0 Å². The van der Waals surface area contributed by atoms with Gasteiger partial charge in [-0.1, -0.05) is 18.2 Å². The Kier molecular flexibility index (Phi) is 5.37. The summed E-state index contributed by atoms with van der Waals surface area (Å²) in [5.41, 5.74) is 1.09. The molecular weight excluding hydrogens is 266 g/mol. The number of para-hydroxylation sites is 1. The third-order valence-corrected chi connectivity index (χ3v) is 3.41. The maximum Gasteiger partial charge on any atom is 0.303 e. The van der Waals surface area contributed by atoms with Crippen molar-refractivity contribution in [2.45, 2.75) is 32.9 Å². The monoisotopic (exact) mass is 287 g/mol. The Balaban J connectivity index is 2.10. The lowest BCUT2D eigenvalue weighted by molar-refractivity contribution is -0.137. The molecule has 1 N–H and O–H groups in total. The molecule has 112 valence electrons. The van der Waals surface area contributed by atoms with Gasteiger partial charge in [0.2, 0.25) is 0 Å². The fraction of sp³-hybridized carbons (Fsp3) is 0.375. The fourth-order valence-corrected chi connectivity index (χ4v) is 2.31. The summed E-state index contributed by atoms with van der Waals surface area (Å²) in [4.78, 5) is 17.3. The molecule has 0 amide bonds. The van der Waals surface area contributed by atoms with E-state index in [-0.39, 0.29) is 6.42 Å².